The standard InChI is InChI=1S/C22H23NO/c1-5-14-6-8-17-16(10-14)12-19-21(17)23(4)20-9-7-15(13(2)3)11-18(20)22(19)24/h6-11,13H,5,12H2,1-4H3. The summed E-state index contributed by atoms with van der Waals surface area (Å²) in [7, 11) is 2.08. The predicted molar refractivity (Wildman–Crippen MR) is 101 cm³/mol. The van der Waals surface area contributed by atoms with E-state index in [9.17, 15) is 4.79 Å². The van der Waals surface area contributed by atoms with E-state index in [4.69, 9.17) is 0 Å². The molecule has 1 heterocycles. The molecule has 1 aromatic heterocycles. The van der Waals surface area contributed by atoms with Gasteiger partial charge in [0.15, 0.2) is 5.43 Å². The van der Waals surface area contributed by atoms with Gasteiger partial charge in [-0.25, -0.2) is 0 Å². The van der Waals surface area contributed by atoms with Crippen LogP contribution in [0.4, 0.5) is 0 Å². The normalized spacial score (nSPS) is 12.7. The number of hydrogen-bond donors (Lipinski definition) is 0. The van der Waals surface area contributed by atoms with Gasteiger partial charge in [-0.2, -0.15) is 0 Å². The van der Waals surface area contributed by atoms with Crippen LogP contribution in [0.2, 0.25) is 0 Å². The lowest BCUT2D eigenvalue weighted by molar-refractivity contribution is 0.866. The van der Waals surface area contributed by atoms with E-state index >= 15 is 0 Å². The van der Waals surface area contributed by atoms with Crippen molar-refractivity contribution in [2.45, 2.75) is 39.5 Å². The number of aromatic nitrogens is 1. The van der Waals surface area contributed by atoms with E-state index < -0.39 is 0 Å². The van der Waals surface area contributed by atoms with Gasteiger partial charge in [-0.05, 0) is 41.2 Å². The van der Waals surface area contributed by atoms with Crippen molar-refractivity contribution < 1.29 is 0 Å². The summed E-state index contributed by atoms with van der Waals surface area (Å²) >= 11 is 0. The lowest BCUT2D eigenvalue weighted by atomic mass is 9.99. The summed E-state index contributed by atoms with van der Waals surface area (Å²) in [4.78, 5) is 13.2. The van der Waals surface area contributed by atoms with Crippen LogP contribution in [0.15, 0.2) is 41.2 Å². The monoisotopic (exact) mass is 317 g/mol. The summed E-state index contributed by atoms with van der Waals surface area (Å²) in [6, 6.07) is 13.0. The molecular formula is C22H23NO. The van der Waals surface area contributed by atoms with Crippen LogP contribution in [-0.2, 0) is 19.9 Å². The number of hydrogen-bond acceptors (Lipinski definition) is 1. The van der Waals surface area contributed by atoms with Gasteiger partial charge in [0.05, 0.1) is 11.2 Å². The third-order valence-corrected chi connectivity index (χ3v) is 5.39. The van der Waals surface area contributed by atoms with Crippen LogP contribution in [-0.4, -0.2) is 4.57 Å². The van der Waals surface area contributed by atoms with Gasteiger partial charge in [0, 0.05) is 30.0 Å². The molecule has 0 spiro atoms. The first kappa shape index (κ1) is 15.2. The van der Waals surface area contributed by atoms with Crippen LogP contribution in [0.3, 0.4) is 0 Å². The second-order valence-corrected chi connectivity index (χ2v) is 7.17. The van der Waals surface area contributed by atoms with Gasteiger partial charge in [-0.3, -0.25) is 4.79 Å². The number of aryl methyl sites for hydroxylation is 2. The van der Waals surface area contributed by atoms with Crippen molar-refractivity contribution >= 4 is 10.9 Å². The van der Waals surface area contributed by atoms with Gasteiger partial charge < -0.3 is 4.57 Å². The van der Waals surface area contributed by atoms with Gasteiger partial charge in [-0.1, -0.05) is 45.0 Å². The highest BCUT2D eigenvalue weighted by Gasteiger charge is 2.25. The number of benzene rings is 2. The molecule has 0 saturated carbocycles. The fourth-order valence-corrected chi connectivity index (χ4v) is 3.92. The van der Waals surface area contributed by atoms with Gasteiger partial charge in [-0.15, -0.1) is 0 Å². The maximum absolute atomic E-state index is 13.2. The Balaban J connectivity index is 2.03. The predicted octanol–water partition coefficient (Wildman–Crippen LogP) is 4.80. The van der Waals surface area contributed by atoms with Crippen molar-refractivity contribution in [2.24, 2.45) is 7.05 Å². The Kier molecular flexibility index (Phi) is 3.38. The molecule has 24 heavy (non-hydrogen) atoms. The zero-order chi connectivity index (χ0) is 17.0. The highest BCUT2D eigenvalue weighted by atomic mass is 16.1. The second-order valence-electron chi connectivity index (χ2n) is 7.17. The molecule has 3 aromatic rings. The molecule has 0 aliphatic heterocycles. The average molecular weight is 317 g/mol. The van der Waals surface area contributed by atoms with Crippen LogP contribution in [0, 0.1) is 0 Å². The quantitative estimate of drug-likeness (QED) is 0.521. The van der Waals surface area contributed by atoms with Crippen molar-refractivity contribution in [1.29, 1.82) is 0 Å². The molecule has 0 saturated heterocycles. The largest absolute Gasteiger partial charge is 0.343 e. The molecule has 2 heteroatoms. The lowest BCUT2D eigenvalue weighted by Crippen LogP contribution is -2.14. The molecule has 0 fully saturated rings. The van der Waals surface area contributed by atoms with E-state index in [1.807, 2.05) is 0 Å². The average Bonchev–Trinajstić information content (AvgIpc) is 2.98. The maximum atomic E-state index is 13.2. The zero-order valence-corrected chi connectivity index (χ0v) is 14.8. The third-order valence-electron chi connectivity index (χ3n) is 5.39. The number of nitrogens with zero attached hydrogens (tertiary/aromatic N) is 1. The fourth-order valence-electron chi connectivity index (χ4n) is 3.92. The smallest absolute Gasteiger partial charge is 0.193 e. The molecule has 1 aliphatic rings. The van der Waals surface area contributed by atoms with Crippen molar-refractivity contribution in [2.75, 3.05) is 0 Å². The molecular weight excluding hydrogens is 294 g/mol. The second kappa shape index (κ2) is 5.34. The number of fused-ring (bicyclic) bond motifs is 4. The first-order valence-corrected chi connectivity index (χ1v) is 8.79. The lowest BCUT2D eigenvalue weighted by Gasteiger charge is -2.15. The van der Waals surface area contributed by atoms with Crippen LogP contribution in [0.25, 0.3) is 22.2 Å². The highest BCUT2D eigenvalue weighted by molar-refractivity contribution is 5.87. The Morgan fingerprint density at radius 3 is 2.62 bits per heavy atom. The first-order valence-electron chi connectivity index (χ1n) is 8.79. The molecule has 0 unspecified atom stereocenters. The van der Waals surface area contributed by atoms with Gasteiger partial charge in [0.1, 0.15) is 0 Å². The van der Waals surface area contributed by atoms with E-state index in [0.29, 0.717) is 5.92 Å². The van der Waals surface area contributed by atoms with Crippen molar-refractivity contribution in [3.63, 3.8) is 0 Å². The molecule has 0 amide bonds. The third kappa shape index (κ3) is 2.06. The van der Waals surface area contributed by atoms with E-state index in [1.165, 1.54) is 22.3 Å². The molecule has 2 aromatic carbocycles. The molecule has 2 nitrogen and oxygen atoms in total. The van der Waals surface area contributed by atoms with Crippen molar-refractivity contribution in [3.8, 4) is 11.3 Å². The van der Waals surface area contributed by atoms with E-state index in [0.717, 1.165) is 35.0 Å². The van der Waals surface area contributed by atoms with E-state index in [2.05, 4.69) is 68.8 Å². The SMILES string of the molecule is CCc1ccc2c(c1)Cc1c-2n(C)c2ccc(C(C)C)cc2c1=O. The summed E-state index contributed by atoms with van der Waals surface area (Å²) in [5.41, 5.74) is 8.35. The fraction of sp³-hybridized carbons (Fsp3) is 0.318. The van der Waals surface area contributed by atoms with Crippen molar-refractivity contribution in [1.82, 2.24) is 4.57 Å². The maximum Gasteiger partial charge on any atom is 0.193 e. The topological polar surface area (TPSA) is 22.0 Å². The van der Waals surface area contributed by atoms with Crippen molar-refractivity contribution in [3.05, 3.63) is 68.9 Å². The Labute approximate surface area is 142 Å². The summed E-state index contributed by atoms with van der Waals surface area (Å²) in [5, 5.41) is 0.853. The Morgan fingerprint density at radius 1 is 1.12 bits per heavy atom. The Hall–Kier alpha value is -2.35. The summed E-state index contributed by atoms with van der Waals surface area (Å²) < 4.78 is 2.20. The minimum atomic E-state index is 0.204. The van der Waals surface area contributed by atoms with Gasteiger partial charge in [0.2, 0.25) is 0 Å². The summed E-state index contributed by atoms with van der Waals surface area (Å²) in [6.07, 6.45) is 1.78. The molecule has 0 atom stereocenters. The first-order chi connectivity index (χ1) is 11.5. The molecule has 4 rings (SSSR count). The molecule has 0 radical (unpaired) electrons. The molecule has 0 N–H and O–H groups in total. The minimum Gasteiger partial charge on any atom is -0.343 e. The molecule has 0 bridgehead atoms. The summed E-state index contributed by atoms with van der Waals surface area (Å²) in [6.45, 7) is 6.51. The summed E-state index contributed by atoms with van der Waals surface area (Å²) in [5.74, 6) is 0.427. The molecule has 1 aliphatic carbocycles. The van der Waals surface area contributed by atoms with E-state index in [-0.39, 0.29) is 5.43 Å². The highest BCUT2D eigenvalue weighted by Crippen LogP contribution is 2.37. The van der Waals surface area contributed by atoms with Crippen LogP contribution in [0.1, 0.15) is 48.9 Å². The van der Waals surface area contributed by atoms with Crippen LogP contribution < -0.4 is 5.43 Å². The van der Waals surface area contributed by atoms with Gasteiger partial charge >= 0.3 is 0 Å². The minimum absolute atomic E-state index is 0.204. The van der Waals surface area contributed by atoms with E-state index in [1.54, 1.807) is 0 Å². The number of rotatable bonds is 2. The van der Waals surface area contributed by atoms with Gasteiger partial charge in [0.25, 0.3) is 0 Å². The Morgan fingerprint density at radius 2 is 1.92 bits per heavy atom. The van der Waals surface area contributed by atoms with Crippen LogP contribution in [0.5, 0.6) is 0 Å². The number of pyridine rings is 1. The zero-order valence-electron chi connectivity index (χ0n) is 14.8. The Bertz CT molecular complexity index is 1020. The molecule has 122 valence electrons. The van der Waals surface area contributed by atoms with Crippen LogP contribution >= 0.6 is 0 Å².